The predicted molar refractivity (Wildman–Crippen MR) is 65.0 cm³/mol. The van der Waals surface area contributed by atoms with Crippen molar-refractivity contribution < 1.29 is 4.39 Å². The Kier molecular flexibility index (Phi) is 3.42. The lowest BCUT2D eigenvalue weighted by atomic mass is 10.2. The van der Waals surface area contributed by atoms with Crippen LogP contribution in [0.1, 0.15) is 11.3 Å². The molecule has 0 amide bonds. The minimum absolute atomic E-state index is 0.123. The summed E-state index contributed by atoms with van der Waals surface area (Å²) >= 11 is 0. The van der Waals surface area contributed by atoms with Crippen LogP contribution in [0.3, 0.4) is 0 Å². The number of hydrazone groups is 1. The van der Waals surface area contributed by atoms with Crippen molar-refractivity contribution >= 4 is 12.2 Å². The van der Waals surface area contributed by atoms with Gasteiger partial charge in [-0.2, -0.15) is 5.10 Å². The molecule has 0 aliphatic rings. The van der Waals surface area contributed by atoms with E-state index in [1.165, 1.54) is 18.3 Å². The fourth-order valence-corrected chi connectivity index (χ4v) is 1.20. The van der Waals surface area contributed by atoms with E-state index in [9.17, 15) is 9.18 Å². The molecule has 0 atom stereocenters. The molecule has 0 aliphatic heterocycles. The van der Waals surface area contributed by atoms with E-state index in [2.05, 4.69) is 25.7 Å². The molecule has 0 bridgehead atoms. The molecule has 6 nitrogen and oxygen atoms in total. The van der Waals surface area contributed by atoms with Gasteiger partial charge < -0.3 is 0 Å². The molecule has 18 heavy (non-hydrogen) atoms. The van der Waals surface area contributed by atoms with Gasteiger partial charge >= 0.3 is 0 Å². The summed E-state index contributed by atoms with van der Waals surface area (Å²) in [5.74, 6) is -0.222. The molecule has 1 aromatic carbocycles. The van der Waals surface area contributed by atoms with E-state index in [1.54, 1.807) is 19.1 Å². The highest BCUT2D eigenvalue weighted by atomic mass is 19.1. The van der Waals surface area contributed by atoms with Crippen molar-refractivity contribution in [2.45, 2.75) is 6.92 Å². The maximum absolute atomic E-state index is 12.9. The average Bonchev–Trinajstić information content (AvgIpc) is 2.34. The second-order valence-electron chi connectivity index (χ2n) is 3.51. The number of aromatic amines is 1. The highest BCUT2D eigenvalue weighted by molar-refractivity contribution is 5.79. The largest absolute Gasteiger partial charge is 0.288 e. The van der Waals surface area contributed by atoms with Gasteiger partial charge in [-0.1, -0.05) is 12.1 Å². The molecule has 0 saturated carbocycles. The number of hydrogen-bond donors (Lipinski definition) is 2. The number of aromatic nitrogens is 3. The van der Waals surface area contributed by atoms with Crippen molar-refractivity contribution in [3.05, 3.63) is 51.7 Å². The van der Waals surface area contributed by atoms with E-state index >= 15 is 0 Å². The average molecular weight is 247 g/mol. The number of halogens is 1. The first-order valence-corrected chi connectivity index (χ1v) is 5.13. The van der Waals surface area contributed by atoms with Crippen LogP contribution < -0.4 is 11.0 Å². The summed E-state index contributed by atoms with van der Waals surface area (Å²) in [6, 6.07) is 5.94. The number of benzene rings is 1. The highest BCUT2D eigenvalue weighted by Gasteiger charge is 1.97. The Morgan fingerprint density at radius 1 is 1.44 bits per heavy atom. The summed E-state index contributed by atoms with van der Waals surface area (Å²) < 4.78 is 12.9. The van der Waals surface area contributed by atoms with Crippen LogP contribution in [0.5, 0.6) is 0 Å². The molecular formula is C11H10FN5O. The first-order chi connectivity index (χ1) is 8.65. The van der Waals surface area contributed by atoms with Gasteiger partial charge in [-0.15, -0.1) is 10.2 Å². The Hall–Kier alpha value is -2.57. The summed E-state index contributed by atoms with van der Waals surface area (Å²) in [5.41, 5.74) is 3.02. The topological polar surface area (TPSA) is 83.0 Å². The zero-order valence-electron chi connectivity index (χ0n) is 9.51. The third-order valence-electron chi connectivity index (χ3n) is 2.09. The smallest absolute Gasteiger partial charge is 0.274 e. The normalized spacial score (nSPS) is 10.8. The van der Waals surface area contributed by atoms with E-state index in [1.807, 2.05) is 0 Å². The van der Waals surface area contributed by atoms with Gasteiger partial charge in [0.25, 0.3) is 5.56 Å². The van der Waals surface area contributed by atoms with Crippen molar-refractivity contribution in [1.29, 1.82) is 0 Å². The number of H-pyrrole nitrogens is 1. The van der Waals surface area contributed by atoms with Crippen LogP contribution in [0.15, 0.2) is 34.2 Å². The van der Waals surface area contributed by atoms with Gasteiger partial charge in [0.2, 0.25) is 5.95 Å². The van der Waals surface area contributed by atoms with Gasteiger partial charge in [-0.3, -0.25) is 9.78 Å². The molecule has 7 heteroatoms. The molecule has 1 heterocycles. The van der Waals surface area contributed by atoms with E-state index in [4.69, 9.17) is 0 Å². The van der Waals surface area contributed by atoms with Crippen LogP contribution in [-0.4, -0.2) is 21.4 Å². The molecule has 0 fully saturated rings. The van der Waals surface area contributed by atoms with E-state index in [-0.39, 0.29) is 23.0 Å². The van der Waals surface area contributed by atoms with Crippen molar-refractivity contribution in [3.8, 4) is 0 Å². The van der Waals surface area contributed by atoms with Crippen molar-refractivity contribution in [2.75, 3.05) is 5.43 Å². The third-order valence-corrected chi connectivity index (χ3v) is 2.09. The van der Waals surface area contributed by atoms with Gasteiger partial charge in [-0.05, 0) is 24.6 Å². The zero-order valence-corrected chi connectivity index (χ0v) is 9.51. The summed E-state index contributed by atoms with van der Waals surface area (Å²) in [6.07, 6.45) is 1.41. The SMILES string of the molecule is Cc1nnc(NN=Cc2cccc(F)c2)[nH]c1=O. The van der Waals surface area contributed by atoms with Gasteiger partial charge in [0, 0.05) is 0 Å². The summed E-state index contributed by atoms with van der Waals surface area (Å²) in [6.45, 7) is 1.55. The maximum atomic E-state index is 12.9. The van der Waals surface area contributed by atoms with E-state index in [0.29, 0.717) is 5.56 Å². The minimum Gasteiger partial charge on any atom is -0.288 e. The van der Waals surface area contributed by atoms with E-state index < -0.39 is 0 Å². The molecule has 1 aromatic heterocycles. The first kappa shape index (κ1) is 11.9. The first-order valence-electron chi connectivity index (χ1n) is 5.13. The molecule has 0 radical (unpaired) electrons. The Labute approximate surface area is 102 Å². The molecule has 0 aliphatic carbocycles. The van der Waals surface area contributed by atoms with Gasteiger partial charge in [0.05, 0.1) is 6.21 Å². The lowest BCUT2D eigenvalue weighted by Gasteiger charge is -1.98. The summed E-state index contributed by atoms with van der Waals surface area (Å²) in [4.78, 5) is 13.7. The van der Waals surface area contributed by atoms with Crippen LogP contribution in [0.2, 0.25) is 0 Å². The molecule has 2 rings (SSSR count). The molecule has 2 N–H and O–H groups in total. The number of nitrogens with zero attached hydrogens (tertiary/aromatic N) is 3. The monoisotopic (exact) mass is 247 g/mol. The standard InChI is InChI=1S/C11H10FN5O/c1-7-10(18)14-11(17-15-7)16-13-6-8-3-2-4-9(12)5-8/h2-6H,1H3,(H2,14,16,17,18). The minimum atomic E-state index is -0.345. The predicted octanol–water partition coefficient (Wildman–Crippen LogP) is 1.06. The maximum Gasteiger partial charge on any atom is 0.274 e. The van der Waals surface area contributed by atoms with Gasteiger partial charge in [-0.25, -0.2) is 9.82 Å². The molecular weight excluding hydrogens is 237 g/mol. The lowest BCUT2D eigenvalue weighted by Crippen LogP contribution is -2.15. The van der Waals surface area contributed by atoms with Crippen molar-refractivity contribution in [2.24, 2.45) is 5.10 Å². The molecule has 0 spiro atoms. The Balaban J connectivity index is 2.07. The lowest BCUT2D eigenvalue weighted by molar-refractivity contribution is 0.627. The second-order valence-corrected chi connectivity index (χ2v) is 3.51. The van der Waals surface area contributed by atoms with Crippen LogP contribution in [-0.2, 0) is 0 Å². The van der Waals surface area contributed by atoms with Crippen molar-refractivity contribution in [1.82, 2.24) is 15.2 Å². The molecule has 0 unspecified atom stereocenters. The van der Waals surface area contributed by atoms with Crippen LogP contribution >= 0.6 is 0 Å². The quantitative estimate of drug-likeness (QED) is 0.627. The number of rotatable bonds is 3. The van der Waals surface area contributed by atoms with Crippen LogP contribution in [0, 0.1) is 12.7 Å². The fourth-order valence-electron chi connectivity index (χ4n) is 1.20. The van der Waals surface area contributed by atoms with Crippen LogP contribution in [0.25, 0.3) is 0 Å². The Morgan fingerprint density at radius 2 is 2.28 bits per heavy atom. The number of nitrogens with one attached hydrogen (secondary N) is 2. The van der Waals surface area contributed by atoms with Gasteiger partial charge in [0.1, 0.15) is 11.5 Å². The highest BCUT2D eigenvalue weighted by Crippen LogP contribution is 2.00. The number of anilines is 1. The molecule has 92 valence electrons. The Morgan fingerprint density at radius 3 is 3.00 bits per heavy atom. The van der Waals surface area contributed by atoms with Crippen molar-refractivity contribution in [3.63, 3.8) is 0 Å². The zero-order chi connectivity index (χ0) is 13.0. The molecule has 0 saturated heterocycles. The number of hydrogen-bond acceptors (Lipinski definition) is 5. The van der Waals surface area contributed by atoms with Crippen LogP contribution in [0.4, 0.5) is 10.3 Å². The fraction of sp³-hybridized carbons (Fsp3) is 0.0909. The third kappa shape index (κ3) is 2.97. The number of aryl methyl sites for hydroxylation is 1. The molecule has 2 aromatic rings. The Bertz CT molecular complexity index is 637. The summed E-state index contributed by atoms with van der Waals surface area (Å²) in [7, 11) is 0. The van der Waals surface area contributed by atoms with Gasteiger partial charge in [0.15, 0.2) is 0 Å². The van der Waals surface area contributed by atoms with E-state index in [0.717, 1.165) is 0 Å². The second kappa shape index (κ2) is 5.17. The summed E-state index contributed by atoms with van der Waals surface area (Å²) in [5, 5.41) is 11.1.